The Bertz CT molecular complexity index is 407. The summed E-state index contributed by atoms with van der Waals surface area (Å²) in [6.45, 7) is 0. The van der Waals surface area contributed by atoms with Crippen molar-refractivity contribution in [2.45, 2.75) is 0 Å². The van der Waals surface area contributed by atoms with Crippen molar-refractivity contribution in [3.8, 4) is 11.5 Å². The number of rotatable bonds is 3. The maximum Gasteiger partial charge on any atom is 0.529 e. The topological polar surface area (TPSA) is 102 Å². The molecule has 0 atom stereocenters. The first-order valence-corrected chi connectivity index (χ1v) is 5.55. The first-order chi connectivity index (χ1) is 7.40. The van der Waals surface area contributed by atoms with Crippen LogP contribution in [0.2, 0.25) is 0 Å². The first-order valence-electron chi connectivity index (χ1n) is 4.02. The molecule has 0 bridgehead atoms. The number of ether oxygens (including phenoxy) is 2. The maximum atomic E-state index is 10.8. The lowest BCUT2D eigenvalue weighted by molar-refractivity contribution is 0.133. The molecule has 16 heavy (non-hydrogen) atoms. The lowest BCUT2D eigenvalue weighted by Crippen LogP contribution is -2.08. The summed E-state index contributed by atoms with van der Waals surface area (Å²) in [6.07, 6.45) is -1.47. The van der Waals surface area contributed by atoms with Gasteiger partial charge in [-0.2, -0.15) is 0 Å². The quantitative estimate of drug-likeness (QED) is 0.472. The molecule has 1 aromatic rings. The summed E-state index contributed by atoms with van der Waals surface area (Å²) in [6, 6.07) is 5.81. The number of benzene rings is 1. The van der Waals surface area contributed by atoms with E-state index in [1.165, 1.54) is 31.4 Å². The molecule has 0 spiro atoms. The van der Waals surface area contributed by atoms with E-state index >= 15 is 0 Å². The summed E-state index contributed by atoms with van der Waals surface area (Å²) in [7, 11) is -3.40. The van der Waals surface area contributed by atoms with Crippen molar-refractivity contribution in [1.29, 1.82) is 0 Å². The van der Waals surface area contributed by atoms with Crippen LogP contribution in [0.5, 0.6) is 11.5 Å². The van der Waals surface area contributed by atoms with Gasteiger partial charge in [-0.1, -0.05) is 0 Å². The van der Waals surface area contributed by atoms with Gasteiger partial charge in [0.15, 0.2) is 0 Å². The van der Waals surface area contributed by atoms with Crippen LogP contribution in [0.3, 0.4) is 0 Å². The van der Waals surface area contributed by atoms with Gasteiger partial charge in [0.2, 0.25) is 0 Å². The van der Waals surface area contributed by atoms with Crippen LogP contribution in [0.1, 0.15) is 0 Å². The highest BCUT2D eigenvalue weighted by Gasteiger charge is 2.22. The minimum atomic E-state index is -4.87. The number of methoxy groups -OCH3 is 1. The molecular formula is C8H9O7P. The van der Waals surface area contributed by atoms with Gasteiger partial charge in [-0.3, -0.25) is 9.79 Å². The number of carbonyl (C=O) groups is 1. The fourth-order valence-corrected chi connectivity index (χ4v) is 1.09. The predicted molar refractivity (Wildman–Crippen MR) is 52.1 cm³/mol. The van der Waals surface area contributed by atoms with E-state index in [1.54, 1.807) is 0 Å². The number of hydrogen-bond donors (Lipinski definition) is 2. The Morgan fingerprint density at radius 3 is 2.12 bits per heavy atom. The summed E-state index contributed by atoms with van der Waals surface area (Å²) >= 11 is 0. The molecule has 0 heterocycles. The molecule has 0 aliphatic rings. The van der Waals surface area contributed by atoms with E-state index < -0.39 is 14.0 Å². The molecular weight excluding hydrogens is 239 g/mol. The number of phosphoric ester groups is 1. The van der Waals surface area contributed by atoms with Gasteiger partial charge in [0.25, 0.3) is 0 Å². The van der Waals surface area contributed by atoms with Gasteiger partial charge in [0.1, 0.15) is 11.5 Å². The van der Waals surface area contributed by atoms with Gasteiger partial charge in [-0.15, -0.1) is 0 Å². The second-order valence-electron chi connectivity index (χ2n) is 2.61. The van der Waals surface area contributed by atoms with E-state index in [0.717, 1.165) is 0 Å². The van der Waals surface area contributed by atoms with Crippen molar-refractivity contribution in [3.05, 3.63) is 24.3 Å². The Labute approximate surface area is 90.8 Å². The van der Waals surface area contributed by atoms with E-state index in [4.69, 9.17) is 14.5 Å². The molecule has 0 aromatic heterocycles. The summed E-state index contributed by atoms with van der Waals surface area (Å²) < 4.78 is 23.3. The lowest BCUT2D eigenvalue weighted by atomic mass is 10.3. The van der Waals surface area contributed by atoms with Gasteiger partial charge in [-0.05, 0) is 24.3 Å². The molecule has 0 saturated heterocycles. The Balaban J connectivity index is 2.60. The highest BCUT2D eigenvalue weighted by molar-refractivity contribution is 7.46. The first kappa shape index (κ1) is 12.5. The molecule has 0 saturated carbocycles. The number of hydrogen-bond acceptors (Lipinski definition) is 5. The zero-order valence-electron chi connectivity index (χ0n) is 8.19. The van der Waals surface area contributed by atoms with E-state index in [9.17, 15) is 9.36 Å². The molecule has 0 amide bonds. The summed E-state index contributed by atoms with van der Waals surface area (Å²) in [5, 5.41) is 0. The van der Waals surface area contributed by atoms with Crippen LogP contribution in [-0.4, -0.2) is 23.1 Å². The summed E-state index contributed by atoms with van der Waals surface area (Å²) in [5.74, 6) is 0.634. The largest absolute Gasteiger partial charge is 0.529 e. The standard InChI is InChI=1S/C8H9O7P/c1-13-6-2-4-7(5-3-6)14-8(9)15-16(10,11)12/h2-5H,1H3,(H2,10,11,12). The molecule has 8 heteroatoms. The molecule has 0 unspecified atom stereocenters. The third-order valence-corrected chi connectivity index (χ3v) is 1.84. The number of phosphoric acid groups is 1. The normalized spacial score (nSPS) is 10.7. The van der Waals surface area contributed by atoms with Crippen LogP contribution in [0, 0.1) is 0 Å². The van der Waals surface area contributed by atoms with Crippen LogP contribution in [-0.2, 0) is 9.09 Å². The third-order valence-electron chi connectivity index (χ3n) is 1.45. The molecule has 1 rings (SSSR count). The van der Waals surface area contributed by atoms with Gasteiger partial charge < -0.3 is 14.0 Å². The van der Waals surface area contributed by atoms with E-state index in [0.29, 0.717) is 5.75 Å². The average Bonchev–Trinajstić information content (AvgIpc) is 2.16. The Hall–Kier alpha value is -1.56. The van der Waals surface area contributed by atoms with E-state index in [1.807, 2.05) is 0 Å². The van der Waals surface area contributed by atoms with E-state index in [-0.39, 0.29) is 5.75 Å². The molecule has 0 fully saturated rings. The molecule has 0 aliphatic heterocycles. The zero-order chi connectivity index (χ0) is 12.2. The fraction of sp³-hybridized carbons (Fsp3) is 0.125. The van der Waals surface area contributed by atoms with Gasteiger partial charge >= 0.3 is 14.0 Å². The van der Waals surface area contributed by atoms with Crippen molar-refractivity contribution in [1.82, 2.24) is 0 Å². The minimum absolute atomic E-state index is 0.0826. The molecule has 7 nitrogen and oxygen atoms in total. The minimum Gasteiger partial charge on any atom is -0.497 e. The van der Waals surface area contributed by atoms with Gasteiger partial charge in [0, 0.05) is 0 Å². The summed E-state index contributed by atoms with van der Waals surface area (Å²) in [5.41, 5.74) is 0. The highest BCUT2D eigenvalue weighted by Crippen LogP contribution is 2.36. The van der Waals surface area contributed by atoms with Crippen molar-refractivity contribution in [2.75, 3.05) is 7.11 Å². The maximum absolute atomic E-state index is 10.8. The average molecular weight is 248 g/mol. The van der Waals surface area contributed by atoms with Crippen LogP contribution < -0.4 is 9.47 Å². The monoisotopic (exact) mass is 248 g/mol. The van der Waals surface area contributed by atoms with Crippen LogP contribution in [0.25, 0.3) is 0 Å². The zero-order valence-corrected chi connectivity index (χ0v) is 9.09. The molecule has 88 valence electrons. The molecule has 0 aliphatic carbocycles. The summed E-state index contributed by atoms with van der Waals surface area (Å²) in [4.78, 5) is 27.4. The van der Waals surface area contributed by atoms with Crippen LogP contribution in [0.4, 0.5) is 4.79 Å². The Kier molecular flexibility index (Phi) is 3.89. The lowest BCUT2D eigenvalue weighted by Gasteiger charge is -2.06. The Morgan fingerprint density at radius 2 is 1.69 bits per heavy atom. The highest BCUT2D eigenvalue weighted by atomic mass is 31.2. The van der Waals surface area contributed by atoms with E-state index in [2.05, 4.69) is 9.26 Å². The second kappa shape index (κ2) is 4.98. The number of carbonyl (C=O) groups excluding carboxylic acids is 1. The smallest absolute Gasteiger partial charge is 0.497 e. The van der Waals surface area contributed by atoms with Crippen LogP contribution in [0.15, 0.2) is 24.3 Å². The second-order valence-corrected chi connectivity index (χ2v) is 3.77. The Morgan fingerprint density at radius 1 is 1.19 bits per heavy atom. The third kappa shape index (κ3) is 4.31. The molecule has 1 aromatic carbocycles. The van der Waals surface area contributed by atoms with Crippen molar-refractivity contribution in [2.24, 2.45) is 0 Å². The predicted octanol–water partition coefficient (Wildman–Crippen LogP) is 1.30. The molecule has 2 N–H and O–H groups in total. The van der Waals surface area contributed by atoms with Crippen molar-refractivity contribution < 1.29 is 33.1 Å². The fourth-order valence-electron chi connectivity index (χ4n) is 0.856. The van der Waals surface area contributed by atoms with Crippen molar-refractivity contribution >= 4 is 14.0 Å². The van der Waals surface area contributed by atoms with Gasteiger partial charge in [-0.25, -0.2) is 9.36 Å². The van der Waals surface area contributed by atoms with Gasteiger partial charge in [0.05, 0.1) is 7.11 Å². The SMILES string of the molecule is COc1ccc(OC(=O)OP(=O)(O)O)cc1. The molecule has 0 radical (unpaired) electrons. The van der Waals surface area contributed by atoms with Crippen LogP contribution >= 0.6 is 7.82 Å². The van der Waals surface area contributed by atoms with Crippen molar-refractivity contribution in [3.63, 3.8) is 0 Å².